The molecule has 2 aromatic rings. The molecule has 0 fully saturated rings. The van der Waals surface area contributed by atoms with Crippen molar-refractivity contribution in [1.29, 1.82) is 0 Å². The van der Waals surface area contributed by atoms with Crippen molar-refractivity contribution in [3.63, 3.8) is 0 Å². The molecule has 0 aliphatic carbocycles. The Morgan fingerprint density at radius 1 is 1.42 bits per heavy atom. The van der Waals surface area contributed by atoms with Gasteiger partial charge in [0.25, 0.3) is 0 Å². The summed E-state index contributed by atoms with van der Waals surface area (Å²) in [5, 5.41) is 10.2. The van der Waals surface area contributed by atoms with Gasteiger partial charge in [-0.05, 0) is 18.1 Å². The Labute approximate surface area is 111 Å². The van der Waals surface area contributed by atoms with Gasteiger partial charge in [-0.15, -0.1) is 10.2 Å². The Hall–Kier alpha value is -2.37. The first-order valence-corrected chi connectivity index (χ1v) is 5.96. The number of carbonyl (C=O) groups is 1. The van der Waals surface area contributed by atoms with Crippen molar-refractivity contribution in [3.8, 4) is 5.75 Å². The number of anilines is 1. The molecule has 1 aromatic carbocycles. The summed E-state index contributed by atoms with van der Waals surface area (Å²) in [4.78, 5) is 11.8. The summed E-state index contributed by atoms with van der Waals surface area (Å²) in [7, 11) is 3.40. The number of nitrogens with one attached hydrogen (secondary N) is 1. The number of para-hydroxylation sites is 1. The summed E-state index contributed by atoms with van der Waals surface area (Å²) >= 11 is 0. The van der Waals surface area contributed by atoms with Crippen molar-refractivity contribution in [2.24, 2.45) is 7.05 Å². The lowest BCUT2D eigenvalue weighted by Gasteiger charge is -2.08. The Kier molecular flexibility index (Phi) is 4.12. The van der Waals surface area contributed by atoms with Crippen LogP contribution in [0.2, 0.25) is 0 Å². The number of aryl methyl sites for hydroxylation is 2. The summed E-state index contributed by atoms with van der Waals surface area (Å²) in [6.07, 6.45) is 2.52. The van der Waals surface area contributed by atoms with E-state index in [9.17, 15) is 4.79 Å². The van der Waals surface area contributed by atoms with Crippen LogP contribution in [0.25, 0.3) is 0 Å². The van der Waals surface area contributed by atoms with E-state index in [0.717, 1.165) is 11.3 Å². The maximum Gasteiger partial charge on any atom is 0.230 e. The molecule has 0 bridgehead atoms. The molecule has 6 heteroatoms. The van der Waals surface area contributed by atoms with E-state index < -0.39 is 0 Å². The first kappa shape index (κ1) is 13.1. The molecule has 0 aliphatic rings. The molecule has 0 unspecified atom stereocenters. The number of rotatable bonds is 5. The van der Waals surface area contributed by atoms with E-state index in [1.54, 1.807) is 18.7 Å². The van der Waals surface area contributed by atoms with Gasteiger partial charge in [-0.1, -0.05) is 18.2 Å². The monoisotopic (exact) mass is 260 g/mol. The molecule has 0 radical (unpaired) electrons. The molecule has 0 saturated carbocycles. The second-order valence-corrected chi connectivity index (χ2v) is 4.13. The molecule has 0 saturated heterocycles. The van der Waals surface area contributed by atoms with E-state index >= 15 is 0 Å². The van der Waals surface area contributed by atoms with E-state index in [1.165, 1.54) is 6.33 Å². The van der Waals surface area contributed by atoms with Crippen LogP contribution < -0.4 is 10.1 Å². The van der Waals surface area contributed by atoms with E-state index in [4.69, 9.17) is 4.74 Å². The van der Waals surface area contributed by atoms with Gasteiger partial charge in [0.05, 0.1) is 7.11 Å². The van der Waals surface area contributed by atoms with Crippen molar-refractivity contribution in [2.75, 3.05) is 12.4 Å². The van der Waals surface area contributed by atoms with Crippen LogP contribution in [-0.2, 0) is 18.3 Å². The maximum atomic E-state index is 11.8. The van der Waals surface area contributed by atoms with Gasteiger partial charge in [0, 0.05) is 13.5 Å². The van der Waals surface area contributed by atoms with Crippen LogP contribution in [0.4, 0.5) is 5.95 Å². The van der Waals surface area contributed by atoms with Crippen LogP contribution in [-0.4, -0.2) is 27.8 Å². The van der Waals surface area contributed by atoms with Crippen molar-refractivity contribution in [3.05, 3.63) is 36.2 Å². The maximum absolute atomic E-state index is 11.8. The number of ether oxygens (including phenoxy) is 1. The number of hydrogen-bond donors (Lipinski definition) is 1. The zero-order valence-corrected chi connectivity index (χ0v) is 11.0. The van der Waals surface area contributed by atoms with Crippen molar-refractivity contribution < 1.29 is 9.53 Å². The minimum Gasteiger partial charge on any atom is -0.496 e. The van der Waals surface area contributed by atoms with Gasteiger partial charge >= 0.3 is 0 Å². The van der Waals surface area contributed by atoms with Crippen LogP contribution >= 0.6 is 0 Å². The second kappa shape index (κ2) is 5.99. The van der Waals surface area contributed by atoms with Crippen molar-refractivity contribution >= 4 is 11.9 Å². The minimum absolute atomic E-state index is 0.0954. The van der Waals surface area contributed by atoms with Gasteiger partial charge in [-0.3, -0.25) is 10.1 Å². The van der Waals surface area contributed by atoms with E-state index in [0.29, 0.717) is 18.8 Å². The Morgan fingerprint density at radius 3 is 2.89 bits per heavy atom. The van der Waals surface area contributed by atoms with E-state index in [-0.39, 0.29) is 5.91 Å². The van der Waals surface area contributed by atoms with Gasteiger partial charge in [0.2, 0.25) is 11.9 Å². The average molecular weight is 260 g/mol. The third-order valence-electron chi connectivity index (χ3n) is 2.78. The Morgan fingerprint density at radius 2 is 2.21 bits per heavy atom. The fourth-order valence-corrected chi connectivity index (χ4v) is 1.74. The highest BCUT2D eigenvalue weighted by atomic mass is 16.5. The number of aromatic nitrogens is 3. The largest absolute Gasteiger partial charge is 0.496 e. The summed E-state index contributed by atoms with van der Waals surface area (Å²) in [5.41, 5.74) is 1.01. The highest BCUT2D eigenvalue weighted by molar-refractivity contribution is 5.89. The van der Waals surface area contributed by atoms with Crippen LogP contribution in [0.3, 0.4) is 0 Å². The lowest BCUT2D eigenvalue weighted by Crippen LogP contribution is -2.15. The van der Waals surface area contributed by atoms with E-state index in [2.05, 4.69) is 15.5 Å². The van der Waals surface area contributed by atoms with Gasteiger partial charge < -0.3 is 9.30 Å². The number of amides is 1. The molecule has 19 heavy (non-hydrogen) atoms. The number of carbonyl (C=O) groups excluding carboxylic acids is 1. The highest BCUT2D eigenvalue weighted by Crippen LogP contribution is 2.18. The third-order valence-corrected chi connectivity index (χ3v) is 2.78. The molecule has 1 heterocycles. The predicted octanol–water partition coefficient (Wildman–Crippen LogP) is 1.39. The predicted molar refractivity (Wildman–Crippen MR) is 70.9 cm³/mol. The van der Waals surface area contributed by atoms with Crippen LogP contribution in [0, 0.1) is 0 Å². The smallest absolute Gasteiger partial charge is 0.230 e. The highest BCUT2D eigenvalue weighted by Gasteiger charge is 2.08. The molecule has 100 valence electrons. The molecule has 0 spiro atoms. The van der Waals surface area contributed by atoms with E-state index in [1.807, 2.05) is 24.3 Å². The zero-order chi connectivity index (χ0) is 13.7. The van der Waals surface area contributed by atoms with Crippen molar-refractivity contribution in [2.45, 2.75) is 12.8 Å². The van der Waals surface area contributed by atoms with Gasteiger partial charge in [-0.25, -0.2) is 0 Å². The molecule has 1 N–H and O–H groups in total. The average Bonchev–Trinajstić information content (AvgIpc) is 2.82. The molecule has 6 nitrogen and oxygen atoms in total. The molecule has 0 aliphatic heterocycles. The summed E-state index contributed by atoms with van der Waals surface area (Å²) in [6.45, 7) is 0. The number of benzene rings is 1. The first-order valence-electron chi connectivity index (χ1n) is 5.96. The van der Waals surface area contributed by atoms with Crippen molar-refractivity contribution in [1.82, 2.24) is 14.8 Å². The van der Waals surface area contributed by atoms with Crippen LogP contribution in [0.5, 0.6) is 5.75 Å². The van der Waals surface area contributed by atoms with Gasteiger partial charge in [0.1, 0.15) is 12.1 Å². The molecule has 1 aromatic heterocycles. The standard InChI is InChI=1S/C13H16N4O2/c1-17-9-14-16-13(17)15-12(18)8-7-10-5-3-4-6-11(10)19-2/h3-6,9H,7-8H2,1-2H3,(H,15,16,18). The third kappa shape index (κ3) is 3.31. The first-order chi connectivity index (χ1) is 9.20. The normalized spacial score (nSPS) is 10.2. The number of methoxy groups -OCH3 is 1. The summed E-state index contributed by atoms with van der Waals surface area (Å²) < 4.78 is 6.90. The quantitative estimate of drug-likeness (QED) is 0.882. The molecule has 1 amide bonds. The minimum atomic E-state index is -0.0954. The Balaban J connectivity index is 1.92. The topological polar surface area (TPSA) is 69.0 Å². The number of hydrogen-bond acceptors (Lipinski definition) is 4. The second-order valence-electron chi connectivity index (χ2n) is 4.13. The molecular formula is C13H16N4O2. The SMILES string of the molecule is COc1ccccc1CCC(=O)Nc1nncn1C. The summed E-state index contributed by atoms with van der Waals surface area (Å²) in [6, 6.07) is 7.67. The fourth-order valence-electron chi connectivity index (χ4n) is 1.74. The Bertz CT molecular complexity index is 565. The van der Waals surface area contributed by atoms with Crippen LogP contribution in [0.1, 0.15) is 12.0 Å². The molecule has 2 rings (SSSR count). The fraction of sp³-hybridized carbons (Fsp3) is 0.308. The summed E-state index contributed by atoms with van der Waals surface area (Å²) in [5.74, 6) is 1.15. The zero-order valence-electron chi connectivity index (χ0n) is 11.0. The van der Waals surface area contributed by atoms with Crippen LogP contribution in [0.15, 0.2) is 30.6 Å². The lowest BCUT2D eigenvalue weighted by molar-refractivity contribution is -0.116. The van der Waals surface area contributed by atoms with Gasteiger partial charge in [0.15, 0.2) is 0 Å². The molecule has 0 atom stereocenters. The van der Waals surface area contributed by atoms with Gasteiger partial charge in [-0.2, -0.15) is 0 Å². The number of nitrogens with zero attached hydrogens (tertiary/aromatic N) is 3. The lowest BCUT2D eigenvalue weighted by atomic mass is 10.1. The molecular weight excluding hydrogens is 244 g/mol.